The maximum atomic E-state index is 13.0. The molecule has 0 aliphatic heterocycles. The Hall–Kier alpha value is -1.96. The zero-order valence-corrected chi connectivity index (χ0v) is 11.3. The Morgan fingerprint density at radius 2 is 1.60 bits per heavy atom. The number of carbonyl (C=O) groups is 1. The van der Waals surface area contributed by atoms with Crippen molar-refractivity contribution in [3.63, 3.8) is 0 Å². The maximum Gasteiger partial charge on any atom is 0.140 e. The highest BCUT2D eigenvalue weighted by Crippen LogP contribution is 2.39. The predicted octanol–water partition coefficient (Wildman–Crippen LogP) is 4.45. The van der Waals surface area contributed by atoms with Crippen molar-refractivity contribution < 1.29 is 9.18 Å². The first kappa shape index (κ1) is 13.0. The lowest BCUT2D eigenvalue weighted by Crippen LogP contribution is -2.22. The van der Waals surface area contributed by atoms with Gasteiger partial charge in [0.15, 0.2) is 0 Å². The van der Waals surface area contributed by atoms with E-state index in [1.807, 2.05) is 42.5 Å². The zero-order chi connectivity index (χ0) is 13.9. The number of ketones is 1. The molecule has 1 nitrogen and oxygen atoms in total. The van der Waals surface area contributed by atoms with E-state index in [0.717, 1.165) is 24.0 Å². The van der Waals surface area contributed by atoms with Crippen molar-refractivity contribution in [3.8, 4) is 0 Å². The van der Waals surface area contributed by atoms with Crippen LogP contribution in [0, 0.1) is 5.82 Å². The molecule has 0 aromatic heterocycles. The van der Waals surface area contributed by atoms with E-state index in [-0.39, 0.29) is 11.7 Å². The topological polar surface area (TPSA) is 17.1 Å². The Morgan fingerprint density at radius 3 is 2.30 bits per heavy atom. The Morgan fingerprint density at radius 1 is 0.900 bits per heavy atom. The maximum absolute atomic E-state index is 13.0. The number of carbonyl (C=O) groups excluding carboxylic acids is 1. The fourth-order valence-electron chi connectivity index (χ4n) is 3.07. The van der Waals surface area contributed by atoms with Crippen LogP contribution in [0.5, 0.6) is 0 Å². The smallest absolute Gasteiger partial charge is 0.140 e. The van der Waals surface area contributed by atoms with Gasteiger partial charge in [0.05, 0.1) is 0 Å². The third-order valence-electron chi connectivity index (χ3n) is 4.19. The SMILES string of the molecule is O=C1CCC(c2ccc(F)cc2)CC1c1ccccc1. The average Bonchev–Trinajstić information content (AvgIpc) is 2.50. The minimum atomic E-state index is -0.208. The highest BCUT2D eigenvalue weighted by atomic mass is 19.1. The summed E-state index contributed by atoms with van der Waals surface area (Å²) in [5, 5.41) is 0. The van der Waals surface area contributed by atoms with Crippen molar-refractivity contribution in [3.05, 3.63) is 71.5 Å². The Balaban J connectivity index is 1.83. The molecule has 2 aromatic carbocycles. The number of halogens is 1. The molecule has 1 fully saturated rings. The van der Waals surface area contributed by atoms with Crippen LogP contribution in [0.2, 0.25) is 0 Å². The summed E-state index contributed by atoms with van der Waals surface area (Å²) < 4.78 is 13.0. The van der Waals surface area contributed by atoms with Crippen LogP contribution in [0.1, 0.15) is 42.2 Å². The quantitative estimate of drug-likeness (QED) is 0.786. The van der Waals surface area contributed by atoms with E-state index in [1.165, 1.54) is 12.1 Å². The van der Waals surface area contributed by atoms with Gasteiger partial charge < -0.3 is 0 Å². The van der Waals surface area contributed by atoms with Crippen LogP contribution in [0.25, 0.3) is 0 Å². The molecule has 0 N–H and O–H groups in total. The van der Waals surface area contributed by atoms with Crippen molar-refractivity contribution in [2.75, 3.05) is 0 Å². The highest BCUT2D eigenvalue weighted by Gasteiger charge is 2.30. The molecule has 0 bridgehead atoms. The van der Waals surface area contributed by atoms with E-state index in [4.69, 9.17) is 0 Å². The lowest BCUT2D eigenvalue weighted by molar-refractivity contribution is -0.122. The molecule has 2 aromatic rings. The fourth-order valence-corrected chi connectivity index (χ4v) is 3.07. The molecule has 3 rings (SSSR count). The van der Waals surface area contributed by atoms with Gasteiger partial charge in [-0.25, -0.2) is 4.39 Å². The lowest BCUT2D eigenvalue weighted by Gasteiger charge is -2.28. The number of rotatable bonds is 2. The molecule has 1 saturated carbocycles. The molecule has 1 aliphatic carbocycles. The summed E-state index contributed by atoms with van der Waals surface area (Å²) in [6, 6.07) is 16.7. The summed E-state index contributed by atoms with van der Waals surface area (Å²) in [5.74, 6) is 0.452. The fraction of sp³-hybridized carbons (Fsp3) is 0.278. The molecule has 0 amide bonds. The zero-order valence-electron chi connectivity index (χ0n) is 11.3. The van der Waals surface area contributed by atoms with Gasteiger partial charge in [0.25, 0.3) is 0 Å². The van der Waals surface area contributed by atoms with Crippen LogP contribution in [0.15, 0.2) is 54.6 Å². The minimum absolute atomic E-state index is 0.0139. The molecule has 102 valence electrons. The third-order valence-corrected chi connectivity index (χ3v) is 4.19. The highest BCUT2D eigenvalue weighted by molar-refractivity contribution is 5.86. The van der Waals surface area contributed by atoms with Crippen LogP contribution < -0.4 is 0 Å². The van der Waals surface area contributed by atoms with E-state index in [0.29, 0.717) is 18.1 Å². The Labute approximate surface area is 118 Å². The van der Waals surface area contributed by atoms with Crippen LogP contribution in [-0.2, 0) is 4.79 Å². The number of Topliss-reactive ketones (excluding diaryl/α,β-unsaturated/α-hetero) is 1. The summed E-state index contributed by atoms with van der Waals surface area (Å²) in [6.45, 7) is 0. The Kier molecular flexibility index (Phi) is 3.64. The summed E-state index contributed by atoms with van der Waals surface area (Å²) in [7, 11) is 0. The van der Waals surface area contributed by atoms with E-state index in [1.54, 1.807) is 0 Å². The lowest BCUT2D eigenvalue weighted by atomic mass is 9.74. The normalized spacial score (nSPS) is 22.8. The van der Waals surface area contributed by atoms with Gasteiger partial charge in [0.1, 0.15) is 11.6 Å². The van der Waals surface area contributed by atoms with Gasteiger partial charge in [-0.3, -0.25) is 4.79 Å². The van der Waals surface area contributed by atoms with Gasteiger partial charge >= 0.3 is 0 Å². The monoisotopic (exact) mass is 268 g/mol. The molecular formula is C18H17FO. The van der Waals surface area contributed by atoms with Crippen molar-refractivity contribution in [1.82, 2.24) is 0 Å². The number of hydrogen-bond acceptors (Lipinski definition) is 1. The molecule has 2 unspecified atom stereocenters. The van der Waals surface area contributed by atoms with Crippen LogP contribution in [0.4, 0.5) is 4.39 Å². The molecule has 2 atom stereocenters. The molecule has 0 saturated heterocycles. The standard InChI is InChI=1S/C18H17FO/c19-16-9-6-13(7-10-16)15-8-11-18(20)17(12-15)14-4-2-1-3-5-14/h1-7,9-10,15,17H,8,11-12H2. The second kappa shape index (κ2) is 5.58. The second-order valence-electron chi connectivity index (χ2n) is 5.45. The Bertz CT molecular complexity index is 589. The number of benzene rings is 2. The van der Waals surface area contributed by atoms with Gasteiger partial charge in [0, 0.05) is 12.3 Å². The third kappa shape index (κ3) is 2.64. The number of hydrogen-bond donors (Lipinski definition) is 0. The summed E-state index contributed by atoms with van der Waals surface area (Å²) in [4.78, 5) is 12.2. The van der Waals surface area contributed by atoms with E-state index < -0.39 is 0 Å². The van der Waals surface area contributed by atoms with Crippen LogP contribution in [-0.4, -0.2) is 5.78 Å². The van der Waals surface area contributed by atoms with Gasteiger partial charge in [-0.2, -0.15) is 0 Å². The molecule has 20 heavy (non-hydrogen) atoms. The molecule has 0 spiro atoms. The van der Waals surface area contributed by atoms with Crippen molar-refractivity contribution >= 4 is 5.78 Å². The van der Waals surface area contributed by atoms with Crippen molar-refractivity contribution in [2.24, 2.45) is 0 Å². The first-order valence-corrected chi connectivity index (χ1v) is 7.07. The molecular weight excluding hydrogens is 251 g/mol. The van der Waals surface area contributed by atoms with Gasteiger partial charge in [-0.1, -0.05) is 42.5 Å². The average molecular weight is 268 g/mol. The van der Waals surface area contributed by atoms with Gasteiger partial charge in [-0.05, 0) is 42.0 Å². The van der Waals surface area contributed by atoms with E-state index in [9.17, 15) is 9.18 Å². The van der Waals surface area contributed by atoms with Crippen LogP contribution >= 0.6 is 0 Å². The molecule has 0 heterocycles. The largest absolute Gasteiger partial charge is 0.299 e. The van der Waals surface area contributed by atoms with Crippen molar-refractivity contribution in [2.45, 2.75) is 31.1 Å². The molecule has 2 heteroatoms. The summed E-state index contributed by atoms with van der Waals surface area (Å²) >= 11 is 0. The summed E-state index contributed by atoms with van der Waals surface area (Å²) in [5.41, 5.74) is 2.24. The van der Waals surface area contributed by atoms with Crippen molar-refractivity contribution in [1.29, 1.82) is 0 Å². The first-order valence-electron chi connectivity index (χ1n) is 7.07. The van der Waals surface area contributed by atoms with E-state index in [2.05, 4.69) is 0 Å². The first-order chi connectivity index (χ1) is 9.74. The van der Waals surface area contributed by atoms with E-state index >= 15 is 0 Å². The molecule has 1 aliphatic rings. The van der Waals surface area contributed by atoms with Gasteiger partial charge in [-0.15, -0.1) is 0 Å². The summed E-state index contributed by atoms with van der Waals surface area (Å²) in [6.07, 6.45) is 2.31. The van der Waals surface area contributed by atoms with Gasteiger partial charge in [0.2, 0.25) is 0 Å². The second-order valence-corrected chi connectivity index (χ2v) is 5.45. The molecule has 0 radical (unpaired) electrons. The van der Waals surface area contributed by atoms with Crippen LogP contribution in [0.3, 0.4) is 0 Å². The predicted molar refractivity (Wildman–Crippen MR) is 77.2 cm³/mol. The minimum Gasteiger partial charge on any atom is -0.299 e.